The van der Waals surface area contributed by atoms with Gasteiger partial charge in [-0.15, -0.1) is 25.3 Å². The van der Waals surface area contributed by atoms with E-state index in [9.17, 15) is 0 Å². The smallest absolute Gasteiger partial charge is 0.0976 e. The molecular formula is CH2K2S3. The topological polar surface area (TPSA) is 0 Å². The molecule has 0 bridgehead atoms. The van der Waals surface area contributed by atoms with Crippen molar-refractivity contribution in [2.45, 2.75) is 0 Å². The Morgan fingerprint density at radius 1 is 1.17 bits per heavy atom. The molecule has 0 aliphatic carbocycles. The van der Waals surface area contributed by atoms with E-state index in [4.69, 9.17) is 0 Å². The molecule has 0 aliphatic heterocycles. The molecule has 0 spiro atoms. The third-order valence-electron chi connectivity index (χ3n) is 0. The standard InChI is InChI=1S/CH2S3.2K/c2-1(3)4;;/h(H2,2,3,4);;. The van der Waals surface area contributed by atoms with E-state index in [-0.39, 0.29) is 103 Å². The first-order valence-electron chi connectivity index (χ1n) is 0.651. The van der Waals surface area contributed by atoms with Gasteiger partial charge in [0.25, 0.3) is 0 Å². The number of hydrogen-bond donors (Lipinski definition) is 2. The summed E-state index contributed by atoms with van der Waals surface area (Å²) in [4.78, 5) is 0. The summed E-state index contributed by atoms with van der Waals surface area (Å²) in [5.41, 5.74) is 0. The van der Waals surface area contributed by atoms with Crippen LogP contribution in [0.4, 0.5) is 0 Å². The van der Waals surface area contributed by atoms with Crippen molar-refractivity contribution in [1.82, 2.24) is 0 Å². The summed E-state index contributed by atoms with van der Waals surface area (Å²) in [5.74, 6) is 0. The van der Waals surface area contributed by atoms with Crippen molar-refractivity contribution in [2.75, 3.05) is 0 Å². The first kappa shape index (κ1) is 16.6. The Kier molecular flexibility index (Phi) is 32.6. The van der Waals surface area contributed by atoms with Crippen LogP contribution in [0.25, 0.3) is 0 Å². The largest absolute Gasteiger partial charge is 0.125 e. The van der Waals surface area contributed by atoms with Crippen molar-refractivity contribution in [1.29, 1.82) is 0 Å². The third kappa shape index (κ3) is 24.4. The summed E-state index contributed by atoms with van der Waals surface area (Å²) in [6, 6.07) is 0. The van der Waals surface area contributed by atoms with E-state index in [1.165, 1.54) is 0 Å². The van der Waals surface area contributed by atoms with Gasteiger partial charge in [0, 0.05) is 103 Å². The summed E-state index contributed by atoms with van der Waals surface area (Å²) in [7, 11) is 0. The van der Waals surface area contributed by atoms with Crippen molar-refractivity contribution >= 4 is 144 Å². The first-order chi connectivity index (χ1) is 1.73. The van der Waals surface area contributed by atoms with Gasteiger partial charge in [-0.05, 0) is 0 Å². The molecule has 0 rings (SSSR count). The van der Waals surface area contributed by atoms with Crippen LogP contribution in [0.3, 0.4) is 0 Å². The van der Waals surface area contributed by atoms with Gasteiger partial charge in [-0.25, -0.2) is 0 Å². The zero-order chi connectivity index (χ0) is 3.58. The van der Waals surface area contributed by atoms with Crippen molar-refractivity contribution < 1.29 is 0 Å². The molecule has 0 atom stereocenters. The van der Waals surface area contributed by atoms with E-state index in [2.05, 4.69) is 37.5 Å². The Balaban J connectivity index is -0.0000000450. The maximum absolute atomic E-state index is 4.27. The number of thiocarbonyl (C=S) groups is 1. The second-order valence-electron chi connectivity index (χ2n) is 0.283. The van der Waals surface area contributed by atoms with Crippen LogP contribution in [0.15, 0.2) is 0 Å². The van der Waals surface area contributed by atoms with E-state index in [1.807, 2.05) is 0 Å². The number of hydrogen-bond acceptors (Lipinski definition) is 1. The number of rotatable bonds is 0. The van der Waals surface area contributed by atoms with Crippen LogP contribution in [-0.4, -0.2) is 106 Å². The van der Waals surface area contributed by atoms with E-state index in [0.717, 1.165) is 0 Å². The quantitative estimate of drug-likeness (QED) is 0.315. The average Bonchev–Trinajstić information content (AvgIpc) is 0.811. The molecule has 0 saturated carbocycles. The fourth-order valence-electron chi connectivity index (χ4n) is 0. The molecule has 2 radical (unpaired) electrons. The first-order valence-corrected chi connectivity index (χ1v) is 1.95. The van der Waals surface area contributed by atoms with Crippen LogP contribution < -0.4 is 0 Å². The molecule has 0 aromatic carbocycles. The molecule has 26 valence electrons. The molecule has 0 fully saturated rings. The zero-order valence-corrected chi connectivity index (χ0v) is 12.7. The Morgan fingerprint density at radius 3 is 1.17 bits per heavy atom. The van der Waals surface area contributed by atoms with Gasteiger partial charge in [-0.2, -0.15) is 0 Å². The Labute approximate surface area is 139 Å². The summed E-state index contributed by atoms with van der Waals surface area (Å²) in [5, 5.41) is 0. The predicted octanol–water partition coefficient (Wildman–Crippen LogP) is 0.369. The molecule has 0 nitrogen and oxygen atoms in total. The van der Waals surface area contributed by atoms with E-state index < -0.39 is 0 Å². The second-order valence-corrected chi connectivity index (χ2v) is 2.54. The summed E-state index contributed by atoms with van der Waals surface area (Å²) in [6.07, 6.45) is 0. The molecule has 0 unspecified atom stereocenters. The molecule has 0 aliphatic rings. The molecule has 5 heteroatoms. The zero-order valence-electron chi connectivity index (χ0n) is 3.80. The van der Waals surface area contributed by atoms with E-state index in [1.54, 1.807) is 0 Å². The Hall–Kier alpha value is 4.06. The molecule has 0 aromatic rings. The van der Waals surface area contributed by atoms with Gasteiger partial charge in [0.1, 0.15) is 0 Å². The fraction of sp³-hybridized carbons (Fsp3) is 0. The minimum atomic E-state index is 0. The van der Waals surface area contributed by atoms with Crippen LogP contribution in [0, 0.1) is 0 Å². The molecule has 6 heavy (non-hydrogen) atoms. The normalized spacial score (nSPS) is 4.33. The van der Waals surface area contributed by atoms with Gasteiger partial charge >= 0.3 is 0 Å². The van der Waals surface area contributed by atoms with E-state index >= 15 is 0 Å². The van der Waals surface area contributed by atoms with Gasteiger partial charge in [0.15, 0.2) is 0 Å². The summed E-state index contributed by atoms with van der Waals surface area (Å²) >= 11 is 11.4. The van der Waals surface area contributed by atoms with Crippen molar-refractivity contribution in [3.8, 4) is 0 Å². The van der Waals surface area contributed by atoms with Crippen molar-refractivity contribution in [2.24, 2.45) is 0 Å². The Bertz CT molecular complexity index is 31.8. The van der Waals surface area contributed by atoms with Crippen LogP contribution in [0.1, 0.15) is 0 Å². The molecule has 0 heterocycles. The summed E-state index contributed by atoms with van der Waals surface area (Å²) < 4.78 is 0.389. The third-order valence-corrected chi connectivity index (χ3v) is 0. The molecular weight excluding hydrogens is 186 g/mol. The predicted molar refractivity (Wildman–Crippen MR) is 42.1 cm³/mol. The van der Waals surface area contributed by atoms with Gasteiger partial charge < -0.3 is 0 Å². The second kappa shape index (κ2) is 11.8. The van der Waals surface area contributed by atoms with E-state index in [0.29, 0.717) is 3.53 Å². The van der Waals surface area contributed by atoms with Gasteiger partial charge in [0.2, 0.25) is 0 Å². The minimum absolute atomic E-state index is 0. The van der Waals surface area contributed by atoms with Crippen LogP contribution in [0.5, 0.6) is 0 Å². The monoisotopic (exact) mass is 188 g/mol. The van der Waals surface area contributed by atoms with Crippen LogP contribution in [-0.2, 0) is 0 Å². The van der Waals surface area contributed by atoms with Crippen molar-refractivity contribution in [3.05, 3.63) is 0 Å². The van der Waals surface area contributed by atoms with Gasteiger partial charge in [0.05, 0.1) is 3.53 Å². The van der Waals surface area contributed by atoms with Crippen LogP contribution >= 0.6 is 37.5 Å². The molecule has 0 aromatic heterocycles. The summed E-state index contributed by atoms with van der Waals surface area (Å²) in [6.45, 7) is 0. The molecule has 0 N–H and O–H groups in total. The molecule has 0 saturated heterocycles. The minimum Gasteiger partial charge on any atom is -0.125 e. The molecule has 0 amide bonds. The van der Waals surface area contributed by atoms with Gasteiger partial charge in [-0.1, -0.05) is 12.2 Å². The number of thiol groups is 2. The van der Waals surface area contributed by atoms with Crippen LogP contribution in [0.2, 0.25) is 0 Å². The maximum Gasteiger partial charge on any atom is 0.0976 e. The maximum atomic E-state index is 4.27. The van der Waals surface area contributed by atoms with Gasteiger partial charge in [-0.3, -0.25) is 0 Å². The fourth-order valence-corrected chi connectivity index (χ4v) is 0. The van der Waals surface area contributed by atoms with Crippen molar-refractivity contribution in [3.63, 3.8) is 0 Å². The SMILES string of the molecule is S=C(S)S.[K].[K]. The Morgan fingerprint density at radius 2 is 1.17 bits per heavy atom. The average molecular weight is 188 g/mol.